The van der Waals surface area contributed by atoms with Gasteiger partial charge in [0.05, 0.1) is 50.7 Å². The molecular formula is C44H48N6O10S. The van der Waals surface area contributed by atoms with Crippen molar-refractivity contribution in [3.05, 3.63) is 142 Å². The molecule has 1 fully saturated rings. The number of aryl methyl sites for hydroxylation is 1. The van der Waals surface area contributed by atoms with E-state index in [0.717, 1.165) is 22.3 Å². The molecule has 4 aromatic carbocycles. The smallest absolute Gasteiger partial charge is 0.280 e. The summed E-state index contributed by atoms with van der Waals surface area (Å²) in [6, 6.07) is 31.4. The monoisotopic (exact) mass is 852 g/mol. The summed E-state index contributed by atoms with van der Waals surface area (Å²) in [4.78, 5) is 30.6. The van der Waals surface area contributed by atoms with Gasteiger partial charge in [-0.15, -0.1) is 0 Å². The number of sulfone groups is 1. The van der Waals surface area contributed by atoms with Crippen LogP contribution in [0.4, 0.5) is 5.95 Å². The lowest BCUT2D eigenvalue weighted by molar-refractivity contribution is -0.141. The Morgan fingerprint density at radius 2 is 1.54 bits per heavy atom. The van der Waals surface area contributed by atoms with Crippen LogP contribution in [-0.2, 0) is 34.4 Å². The van der Waals surface area contributed by atoms with Crippen molar-refractivity contribution in [1.29, 1.82) is 0 Å². The van der Waals surface area contributed by atoms with E-state index in [4.69, 9.17) is 28.4 Å². The summed E-state index contributed by atoms with van der Waals surface area (Å²) >= 11 is 0. The zero-order valence-electron chi connectivity index (χ0n) is 34.4. The number of ether oxygens (including phenoxy) is 6. The normalized spacial score (nSPS) is 18.2. The average molecular weight is 853 g/mol. The Kier molecular flexibility index (Phi) is 13.3. The number of methoxy groups -OCH3 is 2. The second-order valence-corrected chi connectivity index (χ2v) is 16.7. The molecule has 1 aliphatic heterocycles. The van der Waals surface area contributed by atoms with Crippen LogP contribution in [-0.4, -0.2) is 117 Å². The van der Waals surface area contributed by atoms with E-state index in [0.29, 0.717) is 11.5 Å². The predicted octanol–water partition coefficient (Wildman–Crippen LogP) is 4.77. The molecule has 1 saturated heterocycles. The van der Waals surface area contributed by atoms with E-state index in [2.05, 4.69) is 19.9 Å². The molecule has 0 unspecified atom stereocenters. The maximum Gasteiger partial charge on any atom is 0.280 e. The molecule has 6 aromatic rings. The zero-order chi connectivity index (χ0) is 43.1. The highest BCUT2D eigenvalue weighted by molar-refractivity contribution is 7.91. The first kappa shape index (κ1) is 43.1. The van der Waals surface area contributed by atoms with E-state index in [-0.39, 0.29) is 47.8 Å². The highest BCUT2D eigenvalue weighted by atomic mass is 32.2. The Bertz CT molecular complexity index is 2540. The van der Waals surface area contributed by atoms with Crippen molar-refractivity contribution >= 4 is 33.3 Å². The molecule has 0 radical (unpaired) electrons. The number of H-pyrrole nitrogens is 1. The van der Waals surface area contributed by atoms with Crippen molar-refractivity contribution in [3.8, 4) is 11.5 Å². The van der Waals surface area contributed by atoms with E-state index in [1.807, 2.05) is 85.8 Å². The fourth-order valence-electron chi connectivity index (χ4n) is 7.12. The largest absolute Gasteiger partial charge is 0.497 e. The van der Waals surface area contributed by atoms with E-state index in [9.17, 15) is 18.3 Å². The van der Waals surface area contributed by atoms with Crippen LogP contribution in [0.25, 0.3) is 11.2 Å². The van der Waals surface area contributed by atoms with Gasteiger partial charge in [0.1, 0.15) is 42.2 Å². The van der Waals surface area contributed by atoms with E-state index in [1.165, 1.54) is 17.2 Å². The van der Waals surface area contributed by atoms with E-state index >= 15 is 0 Å². The first-order valence-corrected chi connectivity index (χ1v) is 21.1. The van der Waals surface area contributed by atoms with Crippen molar-refractivity contribution in [2.75, 3.05) is 54.1 Å². The Morgan fingerprint density at radius 3 is 2.15 bits per heavy atom. The minimum absolute atomic E-state index is 0.0111. The first-order valence-electron chi connectivity index (χ1n) is 19.4. The molecule has 0 bridgehead atoms. The van der Waals surface area contributed by atoms with Crippen molar-refractivity contribution in [2.24, 2.45) is 4.99 Å². The van der Waals surface area contributed by atoms with Gasteiger partial charge >= 0.3 is 0 Å². The summed E-state index contributed by atoms with van der Waals surface area (Å²) < 4.78 is 64.1. The molecule has 3 heterocycles. The lowest BCUT2D eigenvalue weighted by Gasteiger charge is -2.37. The van der Waals surface area contributed by atoms with E-state index in [1.54, 1.807) is 57.5 Å². The standard InChI is InChI=1S/C44H48N6O10S/c1-29-11-21-35(22-12-29)61(53,54)24-23-57-28-58-39-36(60-42(38(39)51)50-27-45-37-40(50)47-43(48-41(37)52)46-26-49(2)3)25-59-44(30-9-7-6-8-10-30,31-13-17-33(55-4)18-14-31)32-15-19-34(56-5)20-16-32/h6-22,26-27,36,38-39,42,51H,23-25,28H2,1-5H3,(H,47,48,52)/b46-26+/t36-,38-,39-,42-/m1/s1. The number of aromatic amines is 1. The van der Waals surface area contributed by atoms with Crippen LogP contribution in [0.2, 0.25) is 0 Å². The van der Waals surface area contributed by atoms with Crippen LogP contribution >= 0.6 is 0 Å². The first-order chi connectivity index (χ1) is 29.4. The second kappa shape index (κ2) is 18.8. The molecule has 0 amide bonds. The van der Waals surface area contributed by atoms with Gasteiger partial charge in [-0.05, 0) is 60.0 Å². The van der Waals surface area contributed by atoms with Crippen LogP contribution in [0.3, 0.4) is 0 Å². The van der Waals surface area contributed by atoms with E-state index < -0.39 is 45.5 Å². The summed E-state index contributed by atoms with van der Waals surface area (Å²) in [6.07, 6.45) is -1.77. The SMILES string of the molecule is COc1ccc(C(OC[C@H]2O[C@@H](n3cnc4c(=O)[nH]c(/N=C/N(C)C)nc43)[C@H](O)[C@@H]2OCOCCS(=O)(=O)c2ccc(C)cc2)(c2ccccc2)c2ccc(OC)cc2)cc1. The lowest BCUT2D eigenvalue weighted by atomic mass is 9.80. The number of imidazole rings is 1. The van der Waals surface area contributed by atoms with Gasteiger partial charge in [-0.2, -0.15) is 4.98 Å². The predicted molar refractivity (Wildman–Crippen MR) is 227 cm³/mol. The number of fused-ring (bicyclic) bond motifs is 1. The summed E-state index contributed by atoms with van der Waals surface area (Å²) in [5.74, 6) is 1.04. The molecule has 61 heavy (non-hydrogen) atoms. The van der Waals surface area contributed by atoms with Crippen molar-refractivity contribution < 1.29 is 41.9 Å². The molecule has 0 saturated carbocycles. The molecule has 1 aliphatic rings. The number of aliphatic hydroxyl groups is 1. The minimum Gasteiger partial charge on any atom is -0.497 e. The van der Waals surface area contributed by atoms with Crippen LogP contribution in [0.15, 0.2) is 124 Å². The molecule has 2 aromatic heterocycles. The number of aromatic nitrogens is 4. The Hall–Kier alpha value is -5.95. The van der Waals surface area contributed by atoms with Crippen molar-refractivity contribution in [2.45, 2.75) is 42.0 Å². The highest BCUT2D eigenvalue weighted by Crippen LogP contribution is 2.43. The van der Waals surface area contributed by atoms with Crippen LogP contribution in [0.5, 0.6) is 11.5 Å². The molecule has 4 atom stereocenters. The van der Waals surface area contributed by atoms with Gasteiger partial charge < -0.3 is 38.4 Å². The Labute approximate surface area is 353 Å². The zero-order valence-corrected chi connectivity index (χ0v) is 35.2. The van der Waals surface area contributed by atoms with Crippen LogP contribution in [0.1, 0.15) is 28.5 Å². The Balaban J connectivity index is 1.22. The molecule has 0 spiro atoms. The fourth-order valence-corrected chi connectivity index (χ4v) is 8.24. The highest BCUT2D eigenvalue weighted by Gasteiger charge is 2.48. The third-order valence-corrected chi connectivity index (χ3v) is 12.0. The summed E-state index contributed by atoms with van der Waals surface area (Å²) in [5, 5.41) is 12.0. The number of nitrogens with zero attached hydrogens (tertiary/aromatic N) is 5. The summed E-state index contributed by atoms with van der Waals surface area (Å²) in [6.45, 7) is 1.17. The topological polar surface area (TPSA) is 189 Å². The molecule has 17 heteroatoms. The van der Waals surface area contributed by atoms with Gasteiger partial charge in [0.15, 0.2) is 27.2 Å². The second-order valence-electron chi connectivity index (χ2n) is 14.6. The van der Waals surface area contributed by atoms with Gasteiger partial charge in [0, 0.05) is 14.1 Å². The quantitative estimate of drug-likeness (QED) is 0.0396. The number of rotatable bonds is 18. The van der Waals surface area contributed by atoms with Gasteiger partial charge in [-0.25, -0.2) is 18.4 Å². The summed E-state index contributed by atoms with van der Waals surface area (Å²) in [7, 11) is 3.11. The minimum atomic E-state index is -3.63. The van der Waals surface area contributed by atoms with Gasteiger partial charge in [-0.3, -0.25) is 14.3 Å². The molecular weight excluding hydrogens is 805 g/mol. The summed E-state index contributed by atoms with van der Waals surface area (Å²) in [5.41, 5.74) is 1.63. The molecule has 16 nitrogen and oxygen atoms in total. The van der Waals surface area contributed by atoms with Gasteiger partial charge in [0.2, 0.25) is 5.95 Å². The maximum atomic E-state index is 13.1. The lowest BCUT2D eigenvalue weighted by Crippen LogP contribution is -2.41. The average Bonchev–Trinajstić information content (AvgIpc) is 3.84. The van der Waals surface area contributed by atoms with Crippen molar-refractivity contribution in [3.63, 3.8) is 0 Å². The van der Waals surface area contributed by atoms with Crippen LogP contribution in [0, 0.1) is 6.92 Å². The molecule has 7 rings (SSSR count). The number of hydrogen-bond acceptors (Lipinski definition) is 13. The van der Waals surface area contributed by atoms with Crippen molar-refractivity contribution in [1.82, 2.24) is 24.4 Å². The van der Waals surface area contributed by atoms with Gasteiger partial charge in [-0.1, -0.05) is 72.3 Å². The molecule has 2 N–H and O–H groups in total. The van der Waals surface area contributed by atoms with Gasteiger partial charge in [0.25, 0.3) is 5.56 Å². The third kappa shape index (κ3) is 9.36. The fraction of sp³-hybridized carbons (Fsp3) is 0.318. The number of aliphatic imine (C=N–C) groups is 1. The maximum absolute atomic E-state index is 13.1. The van der Waals surface area contributed by atoms with Crippen LogP contribution < -0.4 is 15.0 Å². The molecule has 0 aliphatic carbocycles. The third-order valence-electron chi connectivity index (χ3n) is 10.3. The number of nitrogens with one attached hydrogen (secondary N) is 1. The number of hydrogen-bond donors (Lipinski definition) is 2. The number of benzene rings is 4. The Morgan fingerprint density at radius 1 is 0.918 bits per heavy atom. The number of aliphatic hydroxyl groups excluding tert-OH is 1. The molecule has 320 valence electrons.